The van der Waals surface area contributed by atoms with Gasteiger partial charge in [-0.15, -0.1) is 0 Å². The average molecular weight is 404 g/mol. The highest BCUT2D eigenvalue weighted by atomic mass is 79.9. The number of hydrogen-bond acceptors (Lipinski definition) is 5. The zero-order valence-electron chi connectivity index (χ0n) is 13.9. The molecular formula is C19H18BrNO4. The summed E-state index contributed by atoms with van der Waals surface area (Å²) in [5.41, 5.74) is 3.43. The standard InChI is InChI=1S/C19H18BrNO4/c1-21-19(20)17-13(6-8-15-18(17)25-11-23-15)4-2-3-12-5-7-14-16(9-12)24-10-22-14/h5-9H,2-4,10-11H2,1H3. The Morgan fingerprint density at radius 2 is 1.72 bits per heavy atom. The van der Waals surface area contributed by atoms with Crippen molar-refractivity contribution in [2.24, 2.45) is 4.99 Å². The number of rotatable bonds is 5. The van der Waals surface area contributed by atoms with E-state index in [1.165, 1.54) is 11.1 Å². The van der Waals surface area contributed by atoms with Crippen molar-refractivity contribution in [2.45, 2.75) is 19.3 Å². The number of aliphatic imine (C=N–C) groups is 1. The number of nitrogens with zero attached hydrogens (tertiary/aromatic N) is 1. The van der Waals surface area contributed by atoms with Gasteiger partial charge < -0.3 is 18.9 Å². The fraction of sp³-hybridized carbons (Fsp3) is 0.316. The van der Waals surface area contributed by atoms with Gasteiger partial charge in [0.2, 0.25) is 13.6 Å². The van der Waals surface area contributed by atoms with E-state index < -0.39 is 0 Å². The van der Waals surface area contributed by atoms with Crippen LogP contribution in [-0.4, -0.2) is 25.3 Å². The molecule has 0 fully saturated rings. The molecule has 0 aromatic heterocycles. The van der Waals surface area contributed by atoms with Gasteiger partial charge in [0.05, 0.1) is 5.56 Å². The van der Waals surface area contributed by atoms with Gasteiger partial charge in [-0.25, -0.2) is 0 Å². The molecule has 4 rings (SSSR count). The van der Waals surface area contributed by atoms with Crippen LogP contribution in [0.1, 0.15) is 23.1 Å². The Morgan fingerprint density at radius 1 is 0.960 bits per heavy atom. The van der Waals surface area contributed by atoms with Gasteiger partial charge in [-0.1, -0.05) is 12.1 Å². The lowest BCUT2D eigenvalue weighted by Gasteiger charge is -2.11. The fourth-order valence-electron chi connectivity index (χ4n) is 3.14. The van der Waals surface area contributed by atoms with E-state index in [0.717, 1.165) is 52.4 Å². The summed E-state index contributed by atoms with van der Waals surface area (Å²) < 4.78 is 22.7. The van der Waals surface area contributed by atoms with Crippen LogP contribution in [0.15, 0.2) is 35.3 Å². The molecule has 0 spiro atoms. The van der Waals surface area contributed by atoms with E-state index in [1.54, 1.807) is 7.05 Å². The molecule has 2 aliphatic rings. The smallest absolute Gasteiger partial charge is 0.231 e. The second-order valence-corrected chi connectivity index (χ2v) is 6.64. The van der Waals surface area contributed by atoms with Crippen LogP contribution in [-0.2, 0) is 12.8 Å². The third-order valence-electron chi connectivity index (χ3n) is 4.38. The Hall–Kier alpha value is -2.21. The minimum absolute atomic E-state index is 0.257. The monoisotopic (exact) mass is 403 g/mol. The van der Waals surface area contributed by atoms with Crippen molar-refractivity contribution in [3.63, 3.8) is 0 Å². The zero-order valence-corrected chi connectivity index (χ0v) is 15.5. The Balaban J connectivity index is 1.50. The number of hydrogen-bond donors (Lipinski definition) is 0. The molecule has 0 radical (unpaired) electrons. The van der Waals surface area contributed by atoms with Crippen molar-refractivity contribution < 1.29 is 18.9 Å². The molecule has 2 aromatic rings. The third-order valence-corrected chi connectivity index (χ3v) is 5.13. The molecule has 6 heteroatoms. The number of fused-ring (bicyclic) bond motifs is 2. The predicted octanol–water partition coefficient (Wildman–Crippen LogP) is 4.09. The first-order valence-corrected chi connectivity index (χ1v) is 8.98. The lowest BCUT2D eigenvalue weighted by Crippen LogP contribution is -2.02. The van der Waals surface area contributed by atoms with Crippen molar-refractivity contribution in [2.75, 3.05) is 20.6 Å². The number of aryl methyl sites for hydroxylation is 2. The second kappa shape index (κ2) is 6.96. The van der Waals surface area contributed by atoms with Gasteiger partial charge in [-0.3, -0.25) is 4.99 Å². The van der Waals surface area contributed by atoms with Crippen LogP contribution in [0.4, 0.5) is 0 Å². The Morgan fingerprint density at radius 3 is 2.60 bits per heavy atom. The summed E-state index contributed by atoms with van der Waals surface area (Å²) in [6, 6.07) is 10.2. The van der Waals surface area contributed by atoms with Crippen molar-refractivity contribution >= 4 is 20.6 Å². The molecule has 0 amide bonds. The molecule has 2 aromatic carbocycles. The first kappa shape index (κ1) is 16.3. The van der Waals surface area contributed by atoms with Crippen molar-refractivity contribution in [3.05, 3.63) is 47.0 Å². The van der Waals surface area contributed by atoms with Crippen LogP contribution in [0.2, 0.25) is 0 Å². The summed E-state index contributed by atoms with van der Waals surface area (Å²) in [5, 5.41) is 0. The van der Waals surface area contributed by atoms with Crippen LogP contribution in [0, 0.1) is 0 Å². The van der Waals surface area contributed by atoms with Crippen molar-refractivity contribution in [1.29, 1.82) is 0 Å². The summed E-state index contributed by atoms with van der Waals surface area (Å²) >= 11 is 3.54. The van der Waals surface area contributed by atoms with E-state index in [9.17, 15) is 0 Å². The molecule has 2 heterocycles. The number of halogens is 1. The zero-order chi connectivity index (χ0) is 17.2. The Bertz CT molecular complexity index is 834. The highest BCUT2D eigenvalue weighted by Crippen LogP contribution is 2.39. The predicted molar refractivity (Wildman–Crippen MR) is 98.5 cm³/mol. The van der Waals surface area contributed by atoms with E-state index in [0.29, 0.717) is 6.79 Å². The molecule has 0 atom stereocenters. The van der Waals surface area contributed by atoms with Gasteiger partial charge >= 0.3 is 0 Å². The molecule has 0 unspecified atom stereocenters. The first-order valence-electron chi connectivity index (χ1n) is 8.19. The molecule has 5 nitrogen and oxygen atoms in total. The average Bonchev–Trinajstić information content (AvgIpc) is 3.29. The molecule has 0 aliphatic carbocycles. The van der Waals surface area contributed by atoms with E-state index in [-0.39, 0.29) is 6.79 Å². The molecule has 0 N–H and O–H groups in total. The first-order chi connectivity index (χ1) is 12.3. The quantitative estimate of drug-likeness (QED) is 0.705. The summed E-state index contributed by atoms with van der Waals surface area (Å²) in [7, 11) is 1.76. The van der Waals surface area contributed by atoms with Crippen molar-refractivity contribution in [1.82, 2.24) is 0 Å². The van der Waals surface area contributed by atoms with Crippen molar-refractivity contribution in [3.8, 4) is 23.0 Å². The van der Waals surface area contributed by atoms with Gasteiger partial charge in [-0.2, -0.15) is 0 Å². The van der Waals surface area contributed by atoms with Gasteiger partial charge in [0, 0.05) is 7.05 Å². The number of ether oxygens (including phenoxy) is 4. The summed E-state index contributed by atoms with van der Waals surface area (Å²) in [4.78, 5) is 4.27. The summed E-state index contributed by atoms with van der Waals surface area (Å²) in [5.74, 6) is 3.21. The molecule has 130 valence electrons. The minimum atomic E-state index is 0.257. The van der Waals surface area contributed by atoms with Crippen LogP contribution in [0.25, 0.3) is 0 Å². The maximum atomic E-state index is 5.64. The van der Waals surface area contributed by atoms with Crippen LogP contribution < -0.4 is 18.9 Å². The van der Waals surface area contributed by atoms with E-state index in [2.05, 4.69) is 39.1 Å². The van der Waals surface area contributed by atoms with Gasteiger partial charge in [0.25, 0.3) is 0 Å². The Kier molecular flexibility index (Phi) is 4.53. The molecule has 0 saturated carbocycles. The lowest BCUT2D eigenvalue weighted by molar-refractivity contribution is 0.173. The van der Waals surface area contributed by atoms with Gasteiger partial charge in [-0.05, 0) is 64.5 Å². The lowest BCUT2D eigenvalue weighted by atomic mass is 9.99. The fourth-order valence-corrected chi connectivity index (χ4v) is 3.57. The highest BCUT2D eigenvalue weighted by Gasteiger charge is 2.23. The summed E-state index contributed by atoms with van der Waals surface area (Å²) in [6.45, 7) is 0.566. The second-order valence-electron chi connectivity index (χ2n) is 5.89. The third kappa shape index (κ3) is 3.18. The SMILES string of the molecule is CN=C(Br)c1c(CCCc2ccc3c(c2)OCO3)ccc2c1OCO2. The van der Waals surface area contributed by atoms with E-state index >= 15 is 0 Å². The van der Waals surface area contributed by atoms with E-state index in [4.69, 9.17) is 18.9 Å². The molecule has 0 bridgehead atoms. The van der Waals surface area contributed by atoms with Crippen LogP contribution in [0.3, 0.4) is 0 Å². The molecular weight excluding hydrogens is 386 g/mol. The highest BCUT2D eigenvalue weighted by molar-refractivity contribution is 9.18. The van der Waals surface area contributed by atoms with Crippen LogP contribution in [0.5, 0.6) is 23.0 Å². The minimum Gasteiger partial charge on any atom is -0.454 e. The normalized spacial score (nSPS) is 14.9. The molecule has 2 aliphatic heterocycles. The Labute approximate surface area is 154 Å². The van der Waals surface area contributed by atoms with Gasteiger partial charge in [0.1, 0.15) is 4.62 Å². The summed E-state index contributed by atoms with van der Waals surface area (Å²) in [6.07, 6.45) is 2.90. The number of benzene rings is 2. The molecule has 25 heavy (non-hydrogen) atoms. The van der Waals surface area contributed by atoms with E-state index in [1.807, 2.05) is 12.1 Å². The molecule has 0 saturated heterocycles. The largest absolute Gasteiger partial charge is 0.454 e. The topological polar surface area (TPSA) is 49.3 Å². The maximum absolute atomic E-state index is 5.64. The maximum Gasteiger partial charge on any atom is 0.231 e. The van der Waals surface area contributed by atoms with Crippen LogP contribution >= 0.6 is 15.9 Å². The van der Waals surface area contributed by atoms with Gasteiger partial charge in [0.15, 0.2) is 23.0 Å².